The Kier molecular flexibility index (Phi) is 19.8. The number of amides is 2. The number of aliphatic hydroxyl groups is 1. The quantitative estimate of drug-likeness (QED) is 0.142. The second-order valence-corrected chi connectivity index (χ2v) is 6.82. The number of rotatable bonds is 9. The third kappa shape index (κ3) is 21.8. The lowest BCUT2D eigenvalue weighted by Gasteiger charge is -2.06. The number of aliphatic hydroxyl groups excluding tert-OH is 1. The predicted octanol–water partition coefficient (Wildman–Crippen LogP) is -4.85. The van der Waals surface area contributed by atoms with E-state index in [1.165, 1.54) is 6.92 Å². The zero-order valence-electron chi connectivity index (χ0n) is 18.5. The molecule has 0 spiro atoms. The molecule has 1 aliphatic rings. The number of carboxylic acid groups (broad SMARTS) is 4. The molecule has 2 amide bonds. The van der Waals surface area contributed by atoms with Gasteiger partial charge in [-0.25, -0.2) is 0 Å². The van der Waals surface area contributed by atoms with Gasteiger partial charge in [0.2, 0.25) is 11.8 Å². The van der Waals surface area contributed by atoms with E-state index in [9.17, 15) is 28.8 Å². The minimum atomic E-state index is -1.21. The molecule has 0 aromatic carbocycles. The Morgan fingerprint density at radius 1 is 0.824 bits per heavy atom. The highest BCUT2D eigenvalue weighted by molar-refractivity contribution is 5.83. The fraction of sp³-hybridized carbons (Fsp3) is 0.647. The second kappa shape index (κ2) is 19.1. The Bertz CT molecular complexity index is 639. The lowest BCUT2D eigenvalue weighted by molar-refractivity contribution is -0.141. The lowest BCUT2D eigenvalue weighted by atomic mass is 10.2. The molecule has 0 bridgehead atoms. The summed E-state index contributed by atoms with van der Waals surface area (Å²) in [7, 11) is 0. The van der Waals surface area contributed by atoms with Gasteiger partial charge in [0.25, 0.3) is 0 Å². The molecule has 1 aliphatic heterocycles. The molecule has 0 aromatic rings. The second-order valence-electron chi connectivity index (χ2n) is 6.82. The molecule has 17 heteroatoms. The van der Waals surface area contributed by atoms with Crippen molar-refractivity contribution in [3.05, 3.63) is 0 Å². The summed E-state index contributed by atoms with van der Waals surface area (Å²) in [5.74, 6) is -5.74. The zero-order chi connectivity index (χ0) is 27.6. The van der Waals surface area contributed by atoms with Crippen molar-refractivity contribution in [2.75, 3.05) is 6.54 Å². The van der Waals surface area contributed by atoms with Crippen LogP contribution in [-0.4, -0.2) is 98.0 Å². The average Bonchev–Trinajstić information content (AvgIpc) is 3.22. The first-order valence-electron chi connectivity index (χ1n) is 9.59. The molecule has 0 aromatic heterocycles. The number of nitrogens with one attached hydrogen (secondary N) is 1. The van der Waals surface area contributed by atoms with Gasteiger partial charge >= 0.3 is 23.9 Å². The van der Waals surface area contributed by atoms with Crippen molar-refractivity contribution in [3.8, 4) is 0 Å². The number of carboxylic acids is 4. The van der Waals surface area contributed by atoms with Crippen LogP contribution in [0.5, 0.6) is 0 Å². The summed E-state index contributed by atoms with van der Waals surface area (Å²) < 4.78 is 0. The first-order valence-corrected chi connectivity index (χ1v) is 9.59. The molecular weight excluding hydrogens is 464 g/mol. The van der Waals surface area contributed by atoms with E-state index in [1.807, 2.05) is 0 Å². The van der Waals surface area contributed by atoms with Crippen LogP contribution in [0.1, 0.15) is 32.6 Å². The topological polar surface area (TPSA) is 346 Å². The van der Waals surface area contributed by atoms with E-state index in [-0.39, 0.29) is 18.9 Å². The van der Waals surface area contributed by atoms with Crippen LogP contribution >= 0.6 is 0 Å². The minimum Gasteiger partial charge on any atom is -0.480 e. The van der Waals surface area contributed by atoms with E-state index < -0.39 is 59.9 Å². The van der Waals surface area contributed by atoms with Gasteiger partial charge in [0.15, 0.2) is 0 Å². The van der Waals surface area contributed by atoms with Gasteiger partial charge in [0, 0.05) is 0 Å². The largest absolute Gasteiger partial charge is 0.480 e. The number of carbonyl (C=O) groups is 6. The molecule has 0 radical (unpaired) electrons. The van der Waals surface area contributed by atoms with Gasteiger partial charge in [-0.15, -0.1) is 0 Å². The number of carbonyl (C=O) groups excluding carboxylic acids is 2. The maximum absolute atomic E-state index is 10.1. The summed E-state index contributed by atoms with van der Waals surface area (Å²) in [5, 5.41) is 44.0. The molecule has 0 aliphatic carbocycles. The molecule has 0 saturated carbocycles. The van der Waals surface area contributed by atoms with Gasteiger partial charge in [-0.3, -0.25) is 28.8 Å². The monoisotopic (exact) mass is 498 g/mol. The average molecular weight is 498 g/mol. The van der Waals surface area contributed by atoms with E-state index >= 15 is 0 Å². The van der Waals surface area contributed by atoms with Crippen molar-refractivity contribution in [1.82, 2.24) is 5.32 Å². The van der Waals surface area contributed by atoms with E-state index in [2.05, 4.69) is 16.8 Å². The van der Waals surface area contributed by atoms with Crippen LogP contribution in [0, 0.1) is 0 Å². The Balaban J connectivity index is -0.000000377. The predicted molar refractivity (Wildman–Crippen MR) is 115 cm³/mol. The van der Waals surface area contributed by atoms with Gasteiger partial charge in [-0.1, -0.05) is 0 Å². The highest BCUT2D eigenvalue weighted by Gasteiger charge is 2.20. The number of hydrogen-bond acceptors (Lipinski definition) is 11. The van der Waals surface area contributed by atoms with E-state index in [0.717, 1.165) is 19.4 Å². The third-order valence-electron chi connectivity index (χ3n) is 3.64. The normalized spacial score (nSPS) is 17.4. The van der Waals surface area contributed by atoms with Crippen molar-refractivity contribution in [2.24, 2.45) is 28.7 Å². The number of nitrogens with two attached hydrogens (primary N) is 5. The van der Waals surface area contributed by atoms with Crippen LogP contribution in [0.15, 0.2) is 0 Å². The van der Waals surface area contributed by atoms with Crippen LogP contribution in [-0.2, 0) is 28.8 Å². The Hall–Kier alpha value is -3.38. The molecule has 1 fully saturated rings. The molecule has 34 heavy (non-hydrogen) atoms. The summed E-state index contributed by atoms with van der Waals surface area (Å²) in [6, 6.07) is -3.75. The Morgan fingerprint density at radius 3 is 1.29 bits per heavy atom. The molecule has 17 nitrogen and oxygen atoms in total. The standard InChI is InChI=1S/C5H9NO2.2C4H8N2O3.C4H9NO3/c7-5(8)4-2-1-3-6-4;2*5-2(4(8)9)1-3(6)7;1-2(6)3(5)4(7)8/h4,6H,1-3H2,(H,7,8);2*2H,1,5H2,(H2,6,7)(H,8,9);2-3,6H,5H2,1H3,(H,7,8)/t4-;2*2-;2-,3+/m0001/s1. The summed E-state index contributed by atoms with van der Waals surface area (Å²) >= 11 is 0. The van der Waals surface area contributed by atoms with Gasteiger partial charge in [0.05, 0.1) is 18.9 Å². The van der Waals surface area contributed by atoms with Gasteiger partial charge < -0.3 is 59.5 Å². The van der Waals surface area contributed by atoms with Crippen LogP contribution in [0.25, 0.3) is 0 Å². The van der Waals surface area contributed by atoms with Crippen LogP contribution in [0.2, 0.25) is 0 Å². The van der Waals surface area contributed by atoms with Gasteiger partial charge in [0.1, 0.15) is 24.2 Å². The molecule has 16 N–H and O–H groups in total. The maximum atomic E-state index is 10.1. The highest BCUT2D eigenvalue weighted by atomic mass is 16.4. The van der Waals surface area contributed by atoms with Gasteiger partial charge in [-0.05, 0) is 26.3 Å². The summed E-state index contributed by atoms with van der Waals surface area (Å²) in [4.78, 5) is 59.8. The van der Waals surface area contributed by atoms with E-state index in [4.69, 9.17) is 42.7 Å². The fourth-order valence-electron chi connectivity index (χ4n) is 1.71. The van der Waals surface area contributed by atoms with Gasteiger partial charge in [-0.2, -0.15) is 0 Å². The first kappa shape index (κ1) is 35.2. The van der Waals surface area contributed by atoms with Crippen molar-refractivity contribution < 1.29 is 54.3 Å². The Morgan fingerprint density at radius 2 is 1.21 bits per heavy atom. The molecule has 5 atom stereocenters. The molecule has 198 valence electrons. The molecule has 1 heterocycles. The summed E-state index contributed by atoms with van der Waals surface area (Å²) in [6.07, 6.45) is 0.184. The summed E-state index contributed by atoms with van der Waals surface area (Å²) in [6.45, 7) is 2.19. The van der Waals surface area contributed by atoms with Crippen molar-refractivity contribution >= 4 is 35.7 Å². The van der Waals surface area contributed by atoms with Crippen molar-refractivity contribution in [1.29, 1.82) is 0 Å². The molecule has 0 unspecified atom stereocenters. The number of hydrogen-bond donors (Lipinski definition) is 11. The van der Waals surface area contributed by atoms with Crippen LogP contribution in [0.3, 0.4) is 0 Å². The first-order chi connectivity index (χ1) is 15.4. The summed E-state index contributed by atoms with van der Waals surface area (Å²) in [5.41, 5.74) is 24.0. The van der Waals surface area contributed by atoms with Crippen molar-refractivity contribution in [2.45, 2.75) is 62.9 Å². The molecule has 1 saturated heterocycles. The minimum absolute atomic E-state index is 0.269. The van der Waals surface area contributed by atoms with Crippen LogP contribution < -0.4 is 34.0 Å². The number of primary amides is 2. The third-order valence-corrected chi connectivity index (χ3v) is 3.64. The van der Waals surface area contributed by atoms with Crippen molar-refractivity contribution in [3.63, 3.8) is 0 Å². The zero-order valence-corrected chi connectivity index (χ0v) is 18.5. The molecular formula is C17H34N6O11. The fourth-order valence-corrected chi connectivity index (χ4v) is 1.71. The smallest absolute Gasteiger partial charge is 0.323 e. The highest BCUT2D eigenvalue weighted by Crippen LogP contribution is 2.03. The Labute approximate surface area is 194 Å². The van der Waals surface area contributed by atoms with Crippen LogP contribution in [0.4, 0.5) is 0 Å². The molecule has 1 rings (SSSR count). The maximum Gasteiger partial charge on any atom is 0.323 e. The SMILES string of the molecule is C[C@@H](O)[C@H](N)C(=O)O.NC(=O)C[C@H](N)C(=O)O.NC(=O)C[C@H](N)C(=O)O.O=C(O)[C@@H]1CCCN1. The lowest BCUT2D eigenvalue weighted by Crippen LogP contribution is -2.39. The van der Waals surface area contributed by atoms with E-state index in [0.29, 0.717) is 0 Å². The number of aliphatic carboxylic acids is 4. The van der Waals surface area contributed by atoms with E-state index in [1.54, 1.807) is 0 Å².